The van der Waals surface area contributed by atoms with Crippen molar-refractivity contribution in [3.8, 4) is 0 Å². The van der Waals surface area contributed by atoms with Crippen molar-refractivity contribution < 1.29 is 4.90 Å². The van der Waals surface area contributed by atoms with Crippen LogP contribution in [0, 0.1) is 6.92 Å². The summed E-state index contributed by atoms with van der Waals surface area (Å²) in [5, 5.41) is 2.89. The zero-order valence-corrected chi connectivity index (χ0v) is 13.4. The standard InChI is InChI=1S/C8H9NS2.C6H15N/c1-6-3-2-4-7(5-6)9-8(10)11;1-4-7(5-2)6-3/h2-5H,1H3,(H2,9,10,11);4-6H2,1-3H3. The van der Waals surface area contributed by atoms with E-state index >= 15 is 0 Å². The molecule has 4 heteroatoms. The Balaban J connectivity index is 0.000000360. The summed E-state index contributed by atoms with van der Waals surface area (Å²) in [6, 6.07) is 7.92. The highest BCUT2D eigenvalue weighted by atomic mass is 32.1. The summed E-state index contributed by atoms with van der Waals surface area (Å²) in [5.41, 5.74) is 2.16. The van der Waals surface area contributed by atoms with Gasteiger partial charge < -0.3 is 35.1 Å². The Morgan fingerprint density at radius 2 is 1.78 bits per heavy atom. The summed E-state index contributed by atoms with van der Waals surface area (Å²) in [6.45, 7) is 12.5. The molecule has 0 aromatic heterocycles. The van der Waals surface area contributed by atoms with E-state index in [1.165, 1.54) is 25.2 Å². The number of hydrogen-bond donors (Lipinski definition) is 2. The lowest BCUT2D eigenvalue weighted by Gasteiger charge is -2.10. The lowest BCUT2D eigenvalue weighted by molar-refractivity contribution is -0.894. The Labute approximate surface area is 122 Å². The van der Waals surface area contributed by atoms with Crippen molar-refractivity contribution in [2.45, 2.75) is 27.7 Å². The van der Waals surface area contributed by atoms with E-state index in [-0.39, 0.29) is 0 Å². The predicted molar refractivity (Wildman–Crippen MR) is 87.4 cm³/mol. The maximum atomic E-state index is 4.72. The summed E-state index contributed by atoms with van der Waals surface area (Å²) in [4.78, 5) is 1.68. The van der Waals surface area contributed by atoms with Crippen LogP contribution in [-0.2, 0) is 12.6 Å². The first kappa shape index (κ1) is 17.3. The van der Waals surface area contributed by atoms with Crippen LogP contribution in [0.15, 0.2) is 24.3 Å². The van der Waals surface area contributed by atoms with Crippen LogP contribution in [0.1, 0.15) is 26.3 Å². The Kier molecular flexibility index (Phi) is 9.83. The van der Waals surface area contributed by atoms with Gasteiger partial charge in [0, 0.05) is 5.69 Å². The number of quaternary nitrogens is 1. The fourth-order valence-electron chi connectivity index (χ4n) is 1.59. The van der Waals surface area contributed by atoms with Crippen molar-refractivity contribution in [3.05, 3.63) is 29.8 Å². The van der Waals surface area contributed by atoms with Crippen LogP contribution in [-0.4, -0.2) is 24.0 Å². The van der Waals surface area contributed by atoms with Crippen molar-refractivity contribution in [1.29, 1.82) is 0 Å². The number of hydrogen-bond acceptors (Lipinski definition) is 2. The van der Waals surface area contributed by atoms with E-state index in [1.807, 2.05) is 31.2 Å². The van der Waals surface area contributed by atoms with Crippen LogP contribution < -0.4 is 10.2 Å². The molecule has 1 aromatic rings. The molecule has 0 spiro atoms. The first-order chi connectivity index (χ1) is 8.53. The molecule has 0 bridgehead atoms. The van der Waals surface area contributed by atoms with Gasteiger partial charge in [-0.05, 0) is 45.4 Å². The molecular weight excluding hydrogens is 260 g/mol. The van der Waals surface area contributed by atoms with E-state index in [9.17, 15) is 0 Å². The molecule has 2 nitrogen and oxygen atoms in total. The van der Waals surface area contributed by atoms with Crippen molar-refractivity contribution in [2.24, 2.45) is 0 Å². The van der Waals surface area contributed by atoms with Crippen LogP contribution in [0.25, 0.3) is 0 Å². The van der Waals surface area contributed by atoms with E-state index in [2.05, 4.69) is 26.1 Å². The van der Waals surface area contributed by atoms with E-state index < -0.39 is 0 Å². The molecule has 102 valence electrons. The Hall–Kier alpha value is -0.710. The summed E-state index contributed by atoms with van der Waals surface area (Å²) < 4.78 is 0.385. The molecule has 1 aromatic carbocycles. The van der Waals surface area contributed by atoms with Crippen molar-refractivity contribution in [1.82, 2.24) is 0 Å². The summed E-state index contributed by atoms with van der Waals surface area (Å²) >= 11 is 9.45. The second kappa shape index (κ2) is 10.2. The molecule has 0 aliphatic carbocycles. The van der Waals surface area contributed by atoms with E-state index in [4.69, 9.17) is 24.8 Å². The van der Waals surface area contributed by atoms with Gasteiger partial charge >= 0.3 is 0 Å². The average molecular weight is 284 g/mol. The number of thiocarbonyl (C=S) groups is 1. The van der Waals surface area contributed by atoms with Crippen LogP contribution in [0.3, 0.4) is 0 Å². The van der Waals surface area contributed by atoms with Gasteiger partial charge in [-0.1, -0.05) is 16.5 Å². The molecule has 0 aliphatic heterocycles. The molecule has 0 aliphatic rings. The van der Waals surface area contributed by atoms with Gasteiger partial charge in [0.15, 0.2) is 0 Å². The Morgan fingerprint density at radius 3 is 2.11 bits per heavy atom. The lowest BCUT2D eigenvalue weighted by atomic mass is 10.2. The number of rotatable bonds is 4. The van der Waals surface area contributed by atoms with Crippen molar-refractivity contribution >= 4 is 34.9 Å². The molecule has 0 saturated carbocycles. The van der Waals surface area contributed by atoms with Crippen LogP contribution >= 0.6 is 12.2 Å². The number of aryl methyl sites for hydroxylation is 1. The molecular formula is C14H24N2S2. The quantitative estimate of drug-likeness (QED) is 0.652. The van der Waals surface area contributed by atoms with Gasteiger partial charge in [-0.2, -0.15) is 0 Å². The van der Waals surface area contributed by atoms with Gasteiger partial charge in [-0.3, -0.25) is 0 Å². The fourth-order valence-corrected chi connectivity index (χ4v) is 1.83. The van der Waals surface area contributed by atoms with Gasteiger partial charge in [-0.25, -0.2) is 0 Å². The Morgan fingerprint density at radius 1 is 1.22 bits per heavy atom. The van der Waals surface area contributed by atoms with Crippen molar-refractivity contribution in [3.63, 3.8) is 0 Å². The first-order valence-corrected chi connectivity index (χ1v) is 7.23. The minimum atomic E-state index is 0.385. The zero-order chi connectivity index (χ0) is 14.0. The highest BCUT2D eigenvalue weighted by Gasteiger charge is 1.92. The average Bonchev–Trinajstić information content (AvgIpc) is 2.31. The summed E-state index contributed by atoms with van der Waals surface area (Å²) in [5.74, 6) is 0. The SMILES string of the molecule is CC[NH+](CC)CC.Cc1cccc(NC(=S)[S-])c1. The molecule has 0 heterocycles. The molecule has 0 fully saturated rings. The second-order valence-electron chi connectivity index (χ2n) is 4.09. The third-order valence-electron chi connectivity index (χ3n) is 2.76. The third kappa shape index (κ3) is 8.39. The van der Waals surface area contributed by atoms with Gasteiger partial charge in [0.05, 0.1) is 19.6 Å². The molecule has 2 N–H and O–H groups in total. The van der Waals surface area contributed by atoms with E-state index in [0.717, 1.165) is 5.69 Å². The van der Waals surface area contributed by atoms with E-state index in [1.54, 1.807) is 4.90 Å². The predicted octanol–water partition coefficient (Wildman–Crippen LogP) is 2.17. The molecule has 1 rings (SSSR count). The molecule has 0 saturated heterocycles. The maximum absolute atomic E-state index is 4.72. The molecule has 0 radical (unpaired) electrons. The highest BCUT2D eigenvalue weighted by molar-refractivity contribution is 8.00. The number of benzene rings is 1. The lowest BCUT2D eigenvalue weighted by Crippen LogP contribution is -3.11. The van der Waals surface area contributed by atoms with Gasteiger partial charge in [-0.15, -0.1) is 0 Å². The van der Waals surface area contributed by atoms with Gasteiger partial charge in [0.1, 0.15) is 0 Å². The molecule has 18 heavy (non-hydrogen) atoms. The minimum absolute atomic E-state index is 0.385. The first-order valence-electron chi connectivity index (χ1n) is 6.41. The number of nitrogens with one attached hydrogen (secondary N) is 2. The molecule has 0 amide bonds. The fraction of sp³-hybridized carbons (Fsp3) is 0.500. The maximum Gasteiger partial charge on any atom is 0.0742 e. The Bertz CT molecular complexity index is 344. The minimum Gasteiger partial charge on any atom is -0.411 e. The normalized spacial score (nSPS) is 9.61. The highest BCUT2D eigenvalue weighted by Crippen LogP contribution is 2.08. The largest absolute Gasteiger partial charge is 0.411 e. The second-order valence-corrected chi connectivity index (χ2v) is 5.17. The smallest absolute Gasteiger partial charge is 0.0742 e. The topological polar surface area (TPSA) is 16.5 Å². The number of anilines is 1. The van der Waals surface area contributed by atoms with Crippen LogP contribution in [0.2, 0.25) is 0 Å². The van der Waals surface area contributed by atoms with Crippen molar-refractivity contribution in [2.75, 3.05) is 25.0 Å². The van der Waals surface area contributed by atoms with Gasteiger partial charge in [0.2, 0.25) is 0 Å². The van der Waals surface area contributed by atoms with Gasteiger partial charge in [0.25, 0.3) is 0 Å². The zero-order valence-electron chi connectivity index (χ0n) is 11.7. The van der Waals surface area contributed by atoms with Crippen LogP contribution in [0.4, 0.5) is 5.69 Å². The monoisotopic (exact) mass is 284 g/mol. The summed E-state index contributed by atoms with van der Waals surface area (Å²) in [7, 11) is 0. The van der Waals surface area contributed by atoms with E-state index in [0.29, 0.717) is 4.32 Å². The third-order valence-corrected chi connectivity index (χ3v) is 2.97. The molecule has 0 atom stereocenters. The summed E-state index contributed by atoms with van der Waals surface area (Å²) in [6.07, 6.45) is 0. The molecule has 0 unspecified atom stereocenters. The van der Waals surface area contributed by atoms with Crippen LogP contribution in [0.5, 0.6) is 0 Å².